The predicted molar refractivity (Wildman–Crippen MR) is 55.5 cm³/mol. The van der Waals surface area contributed by atoms with Crippen molar-refractivity contribution in [1.29, 1.82) is 0 Å². The van der Waals surface area contributed by atoms with Crippen molar-refractivity contribution in [3.05, 3.63) is 17.3 Å². The van der Waals surface area contributed by atoms with E-state index in [1.54, 1.807) is 0 Å². The Balaban J connectivity index is 3.24. The molecule has 0 saturated carbocycles. The molecule has 0 spiro atoms. The quantitative estimate of drug-likeness (QED) is 0.633. The molecular weight excluding hydrogens is 307 g/mol. The molecule has 1 heterocycles. The fourth-order valence-corrected chi connectivity index (χ4v) is 1.53. The number of aldehydes is 1. The zero-order valence-corrected chi connectivity index (χ0v) is 10.1. The highest BCUT2D eigenvalue weighted by Crippen LogP contribution is 2.32. The van der Waals surface area contributed by atoms with E-state index in [2.05, 4.69) is 30.4 Å². The number of pyridine rings is 1. The van der Waals surface area contributed by atoms with Crippen LogP contribution in [0.4, 0.5) is 13.2 Å². The molecule has 0 aliphatic heterocycles. The lowest BCUT2D eigenvalue weighted by atomic mass is 10.2. The summed E-state index contributed by atoms with van der Waals surface area (Å²) in [6, 6.07) is 0.933. The molecule has 8 heteroatoms. The summed E-state index contributed by atoms with van der Waals surface area (Å²) < 4.78 is 44.6. The maximum atomic E-state index is 12.1. The molecule has 0 bridgehead atoms. The summed E-state index contributed by atoms with van der Waals surface area (Å²) in [4.78, 5) is 14.4. The topological polar surface area (TPSA) is 48.4 Å². The van der Waals surface area contributed by atoms with Gasteiger partial charge in [-0.2, -0.15) is 0 Å². The van der Waals surface area contributed by atoms with Crippen LogP contribution >= 0.6 is 15.9 Å². The smallest absolute Gasteiger partial charge is 0.478 e. The molecule has 0 fully saturated rings. The highest BCUT2D eigenvalue weighted by Gasteiger charge is 2.33. The van der Waals surface area contributed by atoms with Gasteiger partial charge in [-0.25, -0.2) is 4.98 Å². The molecule has 0 amide bonds. The first kappa shape index (κ1) is 13.8. The van der Waals surface area contributed by atoms with E-state index in [4.69, 9.17) is 0 Å². The summed E-state index contributed by atoms with van der Waals surface area (Å²) in [6.45, 7) is 0. The first-order valence-corrected chi connectivity index (χ1v) is 5.38. The minimum absolute atomic E-state index is 0.00178. The highest BCUT2D eigenvalue weighted by atomic mass is 79.9. The molecule has 1 aromatic heterocycles. The third-order valence-corrected chi connectivity index (χ3v) is 2.27. The second-order valence-electron chi connectivity index (χ2n) is 2.83. The van der Waals surface area contributed by atoms with E-state index in [1.165, 1.54) is 0 Å². The van der Waals surface area contributed by atoms with Crippen LogP contribution in [-0.4, -0.2) is 24.7 Å². The zero-order chi connectivity index (χ0) is 13.1. The van der Waals surface area contributed by atoms with Crippen LogP contribution in [0.2, 0.25) is 0 Å². The molecule has 1 rings (SSSR count). The molecule has 0 aliphatic carbocycles. The third-order valence-electron chi connectivity index (χ3n) is 1.74. The lowest BCUT2D eigenvalue weighted by Crippen LogP contribution is -2.18. The summed E-state index contributed by atoms with van der Waals surface area (Å²) in [7, 11) is 1.16. The number of halogens is 4. The maximum Gasteiger partial charge on any atom is 0.573 e. The third kappa shape index (κ3) is 3.58. The molecular formula is C9H7BrF3NO3. The van der Waals surface area contributed by atoms with Crippen molar-refractivity contribution >= 4 is 22.2 Å². The highest BCUT2D eigenvalue weighted by molar-refractivity contribution is 9.08. The second kappa shape index (κ2) is 5.35. The van der Waals surface area contributed by atoms with Gasteiger partial charge in [-0.3, -0.25) is 4.79 Å². The van der Waals surface area contributed by atoms with Crippen molar-refractivity contribution in [2.75, 3.05) is 7.11 Å². The number of aromatic nitrogens is 1. The molecule has 0 saturated heterocycles. The lowest BCUT2D eigenvalue weighted by Gasteiger charge is -2.13. The van der Waals surface area contributed by atoms with Gasteiger partial charge in [-0.05, 0) is 6.07 Å². The molecule has 0 atom stereocenters. The lowest BCUT2D eigenvalue weighted by molar-refractivity contribution is -0.275. The minimum atomic E-state index is -4.87. The van der Waals surface area contributed by atoms with Gasteiger partial charge < -0.3 is 9.47 Å². The Morgan fingerprint density at radius 1 is 1.53 bits per heavy atom. The van der Waals surface area contributed by atoms with Gasteiger partial charge >= 0.3 is 6.36 Å². The predicted octanol–water partition coefficient (Wildman–Crippen LogP) is 2.70. The Labute approximate surface area is 103 Å². The molecule has 0 unspecified atom stereocenters. The van der Waals surface area contributed by atoms with E-state index >= 15 is 0 Å². The van der Waals surface area contributed by atoms with Crippen molar-refractivity contribution < 1.29 is 27.4 Å². The molecule has 1 aromatic rings. The summed E-state index contributed by atoms with van der Waals surface area (Å²) >= 11 is 3.06. The van der Waals surface area contributed by atoms with E-state index in [0.717, 1.165) is 13.2 Å². The van der Waals surface area contributed by atoms with Crippen LogP contribution in [0.5, 0.6) is 11.6 Å². The largest absolute Gasteiger partial charge is 0.573 e. The average Bonchev–Trinajstić information content (AvgIpc) is 2.26. The number of carbonyl (C=O) groups excluding carboxylic acids is 1. The Morgan fingerprint density at radius 2 is 2.18 bits per heavy atom. The first-order chi connectivity index (χ1) is 7.91. The summed E-state index contributed by atoms with van der Waals surface area (Å²) in [5.74, 6) is -0.978. The number of hydrogen-bond acceptors (Lipinski definition) is 4. The average molecular weight is 314 g/mol. The monoisotopic (exact) mass is 313 g/mol. The van der Waals surface area contributed by atoms with Gasteiger partial charge in [0.05, 0.1) is 12.8 Å². The van der Waals surface area contributed by atoms with Gasteiger partial charge in [0.1, 0.15) is 0 Å². The SMILES string of the molecule is COc1nc(CBr)c(C=O)cc1OC(F)(F)F. The van der Waals surface area contributed by atoms with Crippen LogP contribution in [0.1, 0.15) is 16.1 Å². The van der Waals surface area contributed by atoms with Crippen LogP contribution in [-0.2, 0) is 5.33 Å². The number of ether oxygens (including phenoxy) is 2. The summed E-state index contributed by atoms with van der Waals surface area (Å²) in [5, 5.41) is 0.212. The second-order valence-corrected chi connectivity index (χ2v) is 3.39. The standard InChI is InChI=1S/C9H7BrF3NO3/c1-16-8-7(17-9(11,12)13)2-5(4-15)6(3-10)14-8/h2,4H,3H2,1H3. The maximum absolute atomic E-state index is 12.1. The Hall–Kier alpha value is -1.31. The van der Waals surface area contributed by atoms with E-state index in [-0.39, 0.29) is 22.5 Å². The van der Waals surface area contributed by atoms with Gasteiger partial charge in [0.15, 0.2) is 12.0 Å². The Morgan fingerprint density at radius 3 is 2.59 bits per heavy atom. The van der Waals surface area contributed by atoms with Gasteiger partial charge in [0.25, 0.3) is 5.88 Å². The number of carbonyl (C=O) groups is 1. The number of hydrogen-bond donors (Lipinski definition) is 0. The molecule has 0 radical (unpaired) electrons. The van der Waals surface area contributed by atoms with Crippen LogP contribution in [0.15, 0.2) is 6.07 Å². The van der Waals surface area contributed by atoms with Gasteiger partial charge in [0, 0.05) is 10.9 Å². The van der Waals surface area contributed by atoms with E-state index in [0.29, 0.717) is 6.29 Å². The fraction of sp³-hybridized carbons (Fsp3) is 0.333. The van der Waals surface area contributed by atoms with E-state index in [9.17, 15) is 18.0 Å². The molecule has 4 nitrogen and oxygen atoms in total. The number of rotatable bonds is 4. The summed E-state index contributed by atoms with van der Waals surface area (Å²) in [6.07, 6.45) is -4.47. The zero-order valence-electron chi connectivity index (χ0n) is 8.55. The van der Waals surface area contributed by atoms with Gasteiger partial charge in [0.2, 0.25) is 0 Å². The van der Waals surface area contributed by atoms with Gasteiger partial charge in [-0.1, -0.05) is 15.9 Å². The van der Waals surface area contributed by atoms with Crippen LogP contribution < -0.4 is 9.47 Å². The van der Waals surface area contributed by atoms with Crippen molar-refractivity contribution in [2.45, 2.75) is 11.7 Å². The molecule has 94 valence electrons. The van der Waals surface area contributed by atoms with Crippen LogP contribution in [0, 0.1) is 0 Å². The number of alkyl halides is 4. The Kier molecular flexibility index (Phi) is 4.33. The normalized spacial score (nSPS) is 11.1. The van der Waals surface area contributed by atoms with Crippen molar-refractivity contribution in [3.63, 3.8) is 0 Å². The van der Waals surface area contributed by atoms with Crippen LogP contribution in [0.25, 0.3) is 0 Å². The number of nitrogens with zero attached hydrogens (tertiary/aromatic N) is 1. The Bertz CT molecular complexity index is 423. The van der Waals surface area contributed by atoms with Crippen LogP contribution in [0.3, 0.4) is 0 Å². The minimum Gasteiger partial charge on any atom is -0.478 e. The molecule has 0 aliphatic rings. The van der Waals surface area contributed by atoms with E-state index < -0.39 is 12.1 Å². The molecule has 17 heavy (non-hydrogen) atoms. The van der Waals surface area contributed by atoms with Crippen molar-refractivity contribution in [3.8, 4) is 11.6 Å². The fourth-order valence-electron chi connectivity index (χ4n) is 1.08. The molecule has 0 aromatic carbocycles. The van der Waals surface area contributed by atoms with Gasteiger partial charge in [-0.15, -0.1) is 13.2 Å². The number of methoxy groups -OCH3 is 1. The van der Waals surface area contributed by atoms with E-state index in [1.807, 2.05) is 0 Å². The molecule has 0 N–H and O–H groups in total. The van der Waals surface area contributed by atoms with Crippen molar-refractivity contribution in [2.24, 2.45) is 0 Å². The van der Waals surface area contributed by atoms with Crippen molar-refractivity contribution in [1.82, 2.24) is 4.98 Å². The summed E-state index contributed by atoms with van der Waals surface area (Å²) in [5.41, 5.74) is 0.272. The first-order valence-electron chi connectivity index (χ1n) is 4.26.